The Morgan fingerprint density at radius 2 is 2.00 bits per heavy atom. The van der Waals surface area contributed by atoms with Gasteiger partial charge in [0.05, 0.1) is 17.7 Å². The number of thioether (sulfide) groups is 2. The molecular formula is C19H19ClN6OS2. The third kappa shape index (κ3) is 6.52. The average molecular weight is 447 g/mol. The van der Waals surface area contributed by atoms with Gasteiger partial charge in [-0.15, -0.1) is 16.9 Å². The lowest BCUT2D eigenvalue weighted by molar-refractivity contribution is -0.113. The van der Waals surface area contributed by atoms with Gasteiger partial charge in [-0.05, 0) is 24.0 Å². The fraction of sp³-hybridized carbons (Fsp3) is 0.158. The summed E-state index contributed by atoms with van der Waals surface area (Å²) in [5.41, 5.74) is 4.36. The van der Waals surface area contributed by atoms with Crippen LogP contribution in [0, 0.1) is 0 Å². The Kier molecular flexibility index (Phi) is 7.97. The lowest BCUT2D eigenvalue weighted by Gasteiger charge is -2.09. The van der Waals surface area contributed by atoms with Gasteiger partial charge in [0.25, 0.3) is 0 Å². The quantitative estimate of drug-likeness (QED) is 0.249. The van der Waals surface area contributed by atoms with Crippen LogP contribution >= 0.6 is 35.1 Å². The number of hydrazone groups is 1. The molecule has 3 aromatic rings. The summed E-state index contributed by atoms with van der Waals surface area (Å²) < 4.78 is 0. The molecule has 0 spiro atoms. The first kappa shape index (κ1) is 21.2. The Morgan fingerprint density at radius 3 is 2.83 bits per heavy atom. The van der Waals surface area contributed by atoms with Crippen LogP contribution in [0.25, 0.3) is 0 Å². The molecule has 0 unspecified atom stereocenters. The van der Waals surface area contributed by atoms with Crippen LogP contribution in [0.5, 0.6) is 0 Å². The van der Waals surface area contributed by atoms with Crippen molar-refractivity contribution in [1.82, 2.24) is 15.2 Å². The van der Waals surface area contributed by atoms with Crippen LogP contribution in [0.1, 0.15) is 12.5 Å². The van der Waals surface area contributed by atoms with E-state index in [1.165, 1.54) is 11.8 Å². The highest BCUT2D eigenvalue weighted by Gasteiger charge is 2.10. The van der Waals surface area contributed by atoms with Crippen molar-refractivity contribution in [1.29, 1.82) is 0 Å². The lowest BCUT2D eigenvalue weighted by atomic mass is 10.2. The molecule has 2 aromatic carbocycles. The molecule has 7 nitrogen and oxygen atoms in total. The van der Waals surface area contributed by atoms with Crippen molar-refractivity contribution in [2.24, 2.45) is 5.10 Å². The van der Waals surface area contributed by atoms with Crippen molar-refractivity contribution in [2.75, 3.05) is 22.2 Å². The third-order valence-electron chi connectivity index (χ3n) is 3.54. The molecule has 0 radical (unpaired) electrons. The molecule has 150 valence electrons. The minimum Gasteiger partial charge on any atom is -0.324 e. The molecule has 1 amide bonds. The van der Waals surface area contributed by atoms with E-state index in [1.807, 2.05) is 42.5 Å². The lowest BCUT2D eigenvalue weighted by Crippen LogP contribution is -2.14. The Balaban J connectivity index is 1.49. The normalized spacial score (nSPS) is 11.0. The van der Waals surface area contributed by atoms with Gasteiger partial charge < -0.3 is 5.32 Å². The number of rotatable bonds is 9. The fourth-order valence-electron chi connectivity index (χ4n) is 2.27. The van der Waals surface area contributed by atoms with Crippen LogP contribution in [0.15, 0.2) is 63.7 Å². The molecule has 0 aliphatic heterocycles. The van der Waals surface area contributed by atoms with Crippen LogP contribution in [0.4, 0.5) is 11.6 Å². The number of nitrogens with one attached hydrogen (secondary N) is 3. The first-order chi connectivity index (χ1) is 14.2. The molecule has 29 heavy (non-hydrogen) atoms. The first-order valence-corrected chi connectivity index (χ1v) is 11.1. The monoisotopic (exact) mass is 446 g/mol. The number of amides is 1. The molecule has 0 bridgehead atoms. The van der Waals surface area contributed by atoms with Gasteiger partial charge in [0.2, 0.25) is 17.0 Å². The Morgan fingerprint density at radius 1 is 1.21 bits per heavy atom. The molecule has 0 aliphatic rings. The predicted octanol–water partition coefficient (Wildman–Crippen LogP) is 4.75. The number of H-pyrrole nitrogens is 1. The summed E-state index contributed by atoms with van der Waals surface area (Å²) in [5.74, 6) is 1.40. The third-order valence-corrected chi connectivity index (χ3v) is 5.68. The second-order valence-corrected chi connectivity index (χ2v) is 8.28. The molecule has 3 N–H and O–H groups in total. The molecule has 0 atom stereocenters. The number of nitrogens with zero attached hydrogens (tertiary/aromatic N) is 3. The van der Waals surface area contributed by atoms with Crippen molar-refractivity contribution < 1.29 is 4.79 Å². The van der Waals surface area contributed by atoms with Crippen LogP contribution in [0.2, 0.25) is 5.02 Å². The van der Waals surface area contributed by atoms with Crippen LogP contribution in [0.3, 0.4) is 0 Å². The molecule has 0 saturated carbocycles. The zero-order valence-electron chi connectivity index (χ0n) is 15.6. The smallest absolute Gasteiger partial charge is 0.240 e. The summed E-state index contributed by atoms with van der Waals surface area (Å²) in [7, 11) is 0. The van der Waals surface area contributed by atoms with Crippen LogP contribution in [-0.4, -0.2) is 38.8 Å². The minimum absolute atomic E-state index is 0.116. The molecule has 0 fully saturated rings. The van der Waals surface area contributed by atoms with Crippen LogP contribution in [-0.2, 0) is 4.79 Å². The Labute approximate surface area is 182 Å². The van der Waals surface area contributed by atoms with E-state index in [1.54, 1.807) is 24.0 Å². The Hall–Kier alpha value is -2.49. The number of carbonyl (C=O) groups excluding carboxylic acids is 1. The number of carbonyl (C=O) groups is 1. The highest BCUT2D eigenvalue weighted by Crippen LogP contribution is 2.27. The van der Waals surface area contributed by atoms with E-state index in [4.69, 9.17) is 11.6 Å². The van der Waals surface area contributed by atoms with E-state index < -0.39 is 0 Å². The number of benzene rings is 2. The summed E-state index contributed by atoms with van der Waals surface area (Å²) in [5, 5.41) is 14.9. The van der Waals surface area contributed by atoms with Gasteiger partial charge in [-0.3, -0.25) is 4.79 Å². The van der Waals surface area contributed by atoms with Crippen molar-refractivity contribution in [3.8, 4) is 0 Å². The fourth-order valence-corrected chi connectivity index (χ4v) is 3.81. The van der Waals surface area contributed by atoms with Gasteiger partial charge in [0.15, 0.2) is 0 Å². The summed E-state index contributed by atoms with van der Waals surface area (Å²) in [6, 6.07) is 15.1. The topological polar surface area (TPSA) is 95.1 Å². The summed E-state index contributed by atoms with van der Waals surface area (Å²) in [4.78, 5) is 17.5. The highest BCUT2D eigenvalue weighted by molar-refractivity contribution is 8.00. The first-order valence-electron chi connectivity index (χ1n) is 8.76. The maximum absolute atomic E-state index is 12.3. The second-order valence-electron chi connectivity index (χ2n) is 5.62. The van der Waals surface area contributed by atoms with Gasteiger partial charge in [-0.2, -0.15) is 10.1 Å². The van der Waals surface area contributed by atoms with Gasteiger partial charge in [0.1, 0.15) is 0 Å². The largest absolute Gasteiger partial charge is 0.324 e. The van der Waals surface area contributed by atoms with E-state index in [-0.39, 0.29) is 11.7 Å². The molecule has 3 rings (SSSR count). The number of para-hydroxylation sites is 1. The van der Waals surface area contributed by atoms with Crippen molar-refractivity contribution in [3.05, 3.63) is 59.1 Å². The minimum atomic E-state index is -0.116. The second kappa shape index (κ2) is 10.9. The number of halogens is 1. The SMILES string of the molecule is CCSc1ccccc1NC(=O)CSc1n[nH]c(N/N=C/c2ccccc2Cl)n1. The van der Waals surface area contributed by atoms with Gasteiger partial charge in [-0.1, -0.05) is 60.6 Å². The van der Waals surface area contributed by atoms with E-state index in [2.05, 4.69) is 37.9 Å². The summed E-state index contributed by atoms with van der Waals surface area (Å²) in [6.45, 7) is 2.08. The predicted molar refractivity (Wildman–Crippen MR) is 121 cm³/mol. The maximum atomic E-state index is 12.3. The molecule has 1 aromatic heterocycles. The van der Waals surface area contributed by atoms with E-state index in [9.17, 15) is 4.79 Å². The zero-order valence-corrected chi connectivity index (χ0v) is 17.9. The van der Waals surface area contributed by atoms with Gasteiger partial charge in [-0.25, -0.2) is 10.5 Å². The highest BCUT2D eigenvalue weighted by atomic mass is 35.5. The van der Waals surface area contributed by atoms with E-state index in [0.717, 1.165) is 21.9 Å². The van der Waals surface area contributed by atoms with Crippen LogP contribution < -0.4 is 10.7 Å². The zero-order chi connectivity index (χ0) is 20.5. The van der Waals surface area contributed by atoms with Crippen molar-refractivity contribution in [2.45, 2.75) is 17.0 Å². The van der Waals surface area contributed by atoms with Crippen molar-refractivity contribution in [3.63, 3.8) is 0 Å². The molecular weight excluding hydrogens is 428 g/mol. The van der Waals surface area contributed by atoms with Gasteiger partial charge >= 0.3 is 0 Å². The molecule has 1 heterocycles. The van der Waals surface area contributed by atoms with Crippen molar-refractivity contribution >= 4 is 58.9 Å². The van der Waals surface area contributed by atoms with E-state index >= 15 is 0 Å². The molecule has 10 heteroatoms. The average Bonchev–Trinajstić information content (AvgIpc) is 3.17. The number of hydrogen-bond donors (Lipinski definition) is 3. The molecule has 0 saturated heterocycles. The number of anilines is 2. The summed E-state index contributed by atoms with van der Waals surface area (Å²) >= 11 is 8.99. The number of aromatic amines is 1. The van der Waals surface area contributed by atoms with E-state index in [0.29, 0.717) is 16.1 Å². The maximum Gasteiger partial charge on any atom is 0.240 e. The number of aromatic nitrogens is 3. The standard InChI is InChI=1S/C19H19ClN6OS2/c1-2-28-16-10-6-5-9-15(16)22-17(27)12-29-19-23-18(25-26-19)24-21-11-13-7-3-4-8-14(13)20/h3-11H,2,12H2,1H3,(H,22,27)(H2,23,24,25,26)/b21-11+. The Bertz CT molecular complexity index is 994. The molecule has 0 aliphatic carbocycles. The summed E-state index contributed by atoms with van der Waals surface area (Å²) in [6.07, 6.45) is 1.59. The van der Waals surface area contributed by atoms with Gasteiger partial charge in [0, 0.05) is 15.5 Å². The number of hydrogen-bond acceptors (Lipinski definition) is 7.